The summed E-state index contributed by atoms with van der Waals surface area (Å²) in [6.45, 7) is 6.64. The molecule has 0 radical (unpaired) electrons. The van der Waals surface area contributed by atoms with Gasteiger partial charge in [-0.15, -0.1) is 11.3 Å². The number of hydrogen-bond donors (Lipinski definition) is 0. The molecule has 0 N–H and O–H groups in total. The summed E-state index contributed by atoms with van der Waals surface area (Å²) in [5, 5.41) is 0. The summed E-state index contributed by atoms with van der Waals surface area (Å²) in [5.74, 6) is 0. The molecule has 1 atom stereocenters. The molecule has 0 saturated heterocycles. The average Bonchev–Trinajstić information content (AvgIpc) is 2.79. The summed E-state index contributed by atoms with van der Waals surface area (Å²) in [5.41, 5.74) is 3.07. The summed E-state index contributed by atoms with van der Waals surface area (Å²) in [6, 6.07) is 10.4. The Balaban J connectivity index is 2.32. The highest BCUT2D eigenvalue weighted by Gasteiger charge is 2.24. The molecule has 0 aliphatic carbocycles. The van der Waals surface area contributed by atoms with Crippen LogP contribution in [0.3, 0.4) is 0 Å². The van der Waals surface area contributed by atoms with Crippen molar-refractivity contribution in [3.8, 4) is 0 Å². The van der Waals surface area contributed by atoms with Gasteiger partial charge in [0.1, 0.15) is 6.10 Å². The Hall–Kier alpha value is -0.973. The van der Waals surface area contributed by atoms with Crippen LogP contribution >= 0.6 is 11.3 Å². The predicted octanol–water partition coefficient (Wildman–Crippen LogP) is 4.08. The highest BCUT2D eigenvalue weighted by molar-refractivity contribution is 7.09. The van der Waals surface area contributed by atoms with Crippen LogP contribution in [0.1, 0.15) is 16.5 Å². The first-order valence-corrected chi connectivity index (χ1v) is 9.96. The maximum Gasteiger partial charge on any atom is 0.185 e. The Labute approximate surface area is 107 Å². The first-order valence-electron chi connectivity index (χ1n) is 5.67. The van der Waals surface area contributed by atoms with Crippen molar-refractivity contribution in [2.75, 3.05) is 0 Å². The first-order chi connectivity index (χ1) is 8.06. The molecule has 2 nitrogen and oxygen atoms in total. The van der Waals surface area contributed by atoms with Crippen LogP contribution in [0.2, 0.25) is 19.6 Å². The van der Waals surface area contributed by atoms with E-state index in [9.17, 15) is 0 Å². The molecule has 1 aromatic carbocycles. The molecule has 0 aliphatic rings. The van der Waals surface area contributed by atoms with E-state index in [0.717, 1.165) is 0 Å². The van der Waals surface area contributed by atoms with Crippen molar-refractivity contribution < 1.29 is 4.43 Å². The van der Waals surface area contributed by atoms with E-state index >= 15 is 0 Å². The quantitative estimate of drug-likeness (QED) is 0.775. The van der Waals surface area contributed by atoms with Gasteiger partial charge in [0.2, 0.25) is 0 Å². The van der Waals surface area contributed by atoms with Gasteiger partial charge in [-0.3, -0.25) is 4.98 Å². The lowest BCUT2D eigenvalue weighted by atomic mass is 10.1. The third kappa shape index (κ3) is 3.49. The van der Waals surface area contributed by atoms with E-state index < -0.39 is 8.32 Å². The van der Waals surface area contributed by atoms with Gasteiger partial charge in [0.05, 0.1) is 10.4 Å². The fraction of sp³-hybridized carbons (Fsp3) is 0.308. The van der Waals surface area contributed by atoms with Crippen molar-refractivity contribution in [1.29, 1.82) is 0 Å². The van der Waals surface area contributed by atoms with E-state index in [0.29, 0.717) is 0 Å². The van der Waals surface area contributed by atoms with E-state index in [1.54, 1.807) is 11.3 Å². The summed E-state index contributed by atoms with van der Waals surface area (Å²) in [7, 11) is -1.58. The minimum Gasteiger partial charge on any atom is -0.406 e. The van der Waals surface area contributed by atoms with Gasteiger partial charge in [-0.2, -0.15) is 0 Å². The fourth-order valence-electron chi connectivity index (χ4n) is 1.63. The molecule has 0 saturated carbocycles. The molecule has 1 aromatic heterocycles. The number of nitrogens with zero attached hydrogens (tertiary/aromatic N) is 1. The number of hydrogen-bond acceptors (Lipinski definition) is 3. The van der Waals surface area contributed by atoms with Crippen LogP contribution in [-0.4, -0.2) is 13.3 Å². The Morgan fingerprint density at radius 1 is 1.18 bits per heavy atom. The van der Waals surface area contributed by atoms with Crippen molar-refractivity contribution in [3.63, 3.8) is 0 Å². The standard InChI is InChI=1S/C13H17NOSSi/c1-17(2,3)15-13(12-9-14-10-16-12)11-7-5-4-6-8-11/h4-10,13H,1-3H3. The molecule has 0 amide bonds. The molecular weight excluding hydrogens is 246 g/mol. The van der Waals surface area contributed by atoms with Crippen LogP contribution in [0.5, 0.6) is 0 Å². The SMILES string of the molecule is C[Si](C)(C)OC(c1ccccc1)c1cncs1. The first kappa shape index (κ1) is 12.5. The smallest absolute Gasteiger partial charge is 0.185 e. The van der Waals surface area contributed by atoms with Crippen molar-refractivity contribution in [1.82, 2.24) is 4.98 Å². The third-order valence-corrected chi connectivity index (χ3v) is 4.05. The van der Waals surface area contributed by atoms with Crippen LogP contribution < -0.4 is 0 Å². The minimum absolute atomic E-state index is 0.0374. The zero-order chi connectivity index (χ0) is 12.3. The lowest BCUT2D eigenvalue weighted by Gasteiger charge is -2.25. The fourth-order valence-corrected chi connectivity index (χ4v) is 3.36. The van der Waals surface area contributed by atoms with Crippen molar-refractivity contribution in [3.05, 3.63) is 52.5 Å². The Morgan fingerprint density at radius 2 is 1.88 bits per heavy atom. The zero-order valence-electron chi connectivity index (χ0n) is 10.4. The third-order valence-electron chi connectivity index (χ3n) is 2.28. The van der Waals surface area contributed by atoms with Gasteiger partial charge in [-0.05, 0) is 25.2 Å². The minimum atomic E-state index is -1.58. The summed E-state index contributed by atoms with van der Waals surface area (Å²) >= 11 is 1.65. The highest BCUT2D eigenvalue weighted by Crippen LogP contribution is 2.31. The van der Waals surface area contributed by atoms with Gasteiger partial charge >= 0.3 is 0 Å². The second kappa shape index (κ2) is 5.12. The van der Waals surface area contributed by atoms with Crippen LogP contribution in [-0.2, 0) is 4.43 Å². The van der Waals surface area contributed by atoms with Crippen molar-refractivity contribution >= 4 is 19.7 Å². The van der Waals surface area contributed by atoms with Gasteiger partial charge in [0.25, 0.3) is 0 Å². The van der Waals surface area contributed by atoms with Crippen LogP contribution in [0.25, 0.3) is 0 Å². The van der Waals surface area contributed by atoms with Crippen molar-refractivity contribution in [2.24, 2.45) is 0 Å². The molecule has 0 spiro atoms. The maximum atomic E-state index is 6.28. The Kier molecular flexibility index (Phi) is 3.76. The van der Waals surface area contributed by atoms with E-state index in [4.69, 9.17) is 4.43 Å². The summed E-state index contributed by atoms with van der Waals surface area (Å²) < 4.78 is 6.28. The lowest BCUT2D eigenvalue weighted by Crippen LogP contribution is -2.28. The molecule has 2 aromatic rings. The molecule has 0 bridgehead atoms. The van der Waals surface area contributed by atoms with E-state index in [1.807, 2.05) is 17.8 Å². The molecule has 1 heterocycles. The van der Waals surface area contributed by atoms with E-state index in [1.165, 1.54) is 10.4 Å². The Bertz CT molecular complexity index is 450. The number of thiazole rings is 1. The van der Waals surface area contributed by atoms with Crippen LogP contribution in [0.4, 0.5) is 0 Å². The second-order valence-corrected chi connectivity index (χ2v) is 10.3. The number of aromatic nitrogens is 1. The molecular formula is C13H17NOSSi. The summed E-state index contributed by atoms with van der Waals surface area (Å²) in [6.07, 6.45) is 1.94. The van der Waals surface area contributed by atoms with Gasteiger partial charge < -0.3 is 4.43 Å². The zero-order valence-corrected chi connectivity index (χ0v) is 12.2. The van der Waals surface area contributed by atoms with Crippen molar-refractivity contribution in [2.45, 2.75) is 25.7 Å². The number of benzene rings is 1. The van der Waals surface area contributed by atoms with Gasteiger partial charge in [-0.25, -0.2) is 0 Å². The van der Waals surface area contributed by atoms with Gasteiger partial charge in [-0.1, -0.05) is 30.3 Å². The topological polar surface area (TPSA) is 22.1 Å². The average molecular weight is 263 g/mol. The molecule has 2 rings (SSSR count). The second-order valence-electron chi connectivity index (χ2n) is 4.92. The lowest BCUT2D eigenvalue weighted by molar-refractivity contribution is 0.243. The molecule has 1 unspecified atom stereocenters. The molecule has 17 heavy (non-hydrogen) atoms. The normalized spacial score (nSPS) is 13.6. The van der Waals surface area contributed by atoms with Gasteiger partial charge in [0.15, 0.2) is 8.32 Å². The van der Waals surface area contributed by atoms with Crippen LogP contribution in [0.15, 0.2) is 42.0 Å². The summed E-state index contributed by atoms with van der Waals surface area (Å²) in [4.78, 5) is 5.33. The van der Waals surface area contributed by atoms with E-state index in [2.05, 4.69) is 48.9 Å². The highest BCUT2D eigenvalue weighted by atomic mass is 32.1. The molecule has 4 heteroatoms. The molecule has 90 valence electrons. The maximum absolute atomic E-state index is 6.28. The van der Waals surface area contributed by atoms with E-state index in [-0.39, 0.29) is 6.10 Å². The molecule has 0 aliphatic heterocycles. The Morgan fingerprint density at radius 3 is 2.41 bits per heavy atom. The van der Waals surface area contributed by atoms with Gasteiger partial charge in [0, 0.05) is 6.20 Å². The number of rotatable bonds is 4. The monoisotopic (exact) mass is 263 g/mol. The van der Waals surface area contributed by atoms with Crippen LogP contribution in [0, 0.1) is 0 Å². The predicted molar refractivity (Wildman–Crippen MR) is 74.8 cm³/mol. The molecule has 0 fully saturated rings. The largest absolute Gasteiger partial charge is 0.406 e.